The molecule has 0 unspecified atom stereocenters. The van der Waals surface area contributed by atoms with Crippen LogP contribution in [-0.4, -0.2) is 24.6 Å². The average Bonchev–Trinajstić information content (AvgIpc) is 2.58. The van der Waals surface area contributed by atoms with E-state index in [1.165, 1.54) is 11.4 Å². The number of nitrogens with zero attached hydrogens (tertiary/aromatic N) is 1. The molecule has 0 aromatic carbocycles. The molecule has 0 fully saturated rings. The molecule has 1 rings (SSSR count). The Kier molecular flexibility index (Phi) is 5.75. The third-order valence-corrected chi connectivity index (χ3v) is 2.81. The molecule has 0 saturated heterocycles. The van der Waals surface area contributed by atoms with Gasteiger partial charge in [0.2, 0.25) is 0 Å². The second-order valence-corrected chi connectivity index (χ2v) is 4.25. The molecule has 0 amide bonds. The van der Waals surface area contributed by atoms with E-state index >= 15 is 0 Å². The minimum atomic E-state index is 0.895. The molecular formula is C10H19N3S. The van der Waals surface area contributed by atoms with Gasteiger partial charge < -0.3 is 10.6 Å². The summed E-state index contributed by atoms with van der Waals surface area (Å²) in [5.74, 6) is 0. The molecule has 1 aromatic rings. The maximum atomic E-state index is 4.38. The second kappa shape index (κ2) is 6.92. The van der Waals surface area contributed by atoms with E-state index in [1.54, 1.807) is 11.3 Å². The van der Waals surface area contributed by atoms with E-state index in [-0.39, 0.29) is 0 Å². The molecule has 0 atom stereocenters. The Morgan fingerprint density at radius 1 is 1.29 bits per heavy atom. The molecule has 80 valence electrons. The number of hydrogen-bond acceptors (Lipinski definition) is 4. The standard InChI is InChI=1S/C10H19N3S/c1-3-4-11-5-6-12-7-10-13-9(2)8-14-10/h8,11-12H,3-7H2,1-2H3. The number of thiazole rings is 1. The molecule has 0 bridgehead atoms. The van der Waals surface area contributed by atoms with Gasteiger partial charge in [-0.1, -0.05) is 6.92 Å². The van der Waals surface area contributed by atoms with Gasteiger partial charge in [-0.25, -0.2) is 4.98 Å². The summed E-state index contributed by atoms with van der Waals surface area (Å²) in [6.45, 7) is 8.27. The maximum absolute atomic E-state index is 4.38. The Labute approximate surface area is 89.9 Å². The highest BCUT2D eigenvalue weighted by Gasteiger charge is 1.96. The van der Waals surface area contributed by atoms with Crippen LogP contribution in [0.3, 0.4) is 0 Å². The third kappa shape index (κ3) is 4.69. The molecule has 0 aliphatic rings. The number of hydrogen-bond donors (Lipinski definition) is 2. The fourth-order valence-corrected chi connectivity index (χ4v) is 1.90. The van der Waals surface area contributed by atoms with E-state index in [9.17, 15) is 0 Å². The van der Waals surface area contributed by atoms with Crippen LogP contribution in [0.15, 0.2) is 5.38 Å². The zero-order chi connectivity index (χ0) is 10.2. The van der Waals surface area contributed by atoms with Crippen molar-refractivity contribution in [3.63, 3.8) is 0 Å². The SMILES string of the molecule is CCCNCCNCc1nc(C)cs1. The van der Waals surface area contributed by atoms with Gasteiger partial charge in [0.1, 0.15) is 5.01 Å². The Morgan fingerprint density at radius 2 is 2.07 bits per heavy atom. The molecule has 0 spiro atoms. The fraction of sp³-hybridized carbons (Fsp3) is 0.700. The van der Waals surface area contributed by atoms with Gasteiger partial charge in [-0.2, -0.15) is 0 Å². The van der Waals surface area contributed by atoms with Crippen molar-refractivity contribution in [1.29, 1.82) is 0 Å². The van der Waals surface area contributed by atoms with Crippen LogP contribution < -0.4 is 10.6 Å². The second-order valence-electron chi connectivity index (χ2n) is 3.31. The van der Waals surface area contributed by atoms with E-state index in [2.05, 4.69) is 27.9 Å². The normalized spacial score (nSPS) is 10.7. The van der Waals surface area contributed by atoms with E-state index in [0.29, 0.717) is 0 Å². The molecule has 3 nitrogen and oxygen atoms in total. The molecule has 14 heavy (non-hydrogen) atoms. The number of nitrogens with one attached hydrogen (secondary N) is 2. The van der Waals surface area contributed by atoms with Crippen LogP contribution in [0.5, 0.6) is 0 Å². The number of aromatic nitrogens is 1. The van der Waals surface area contributed by atoms with Crippen molar-refractivity contribution in [2.45, 2.75) is 26.8 Å². The van der Waals surface area contributed by atoms with Crippen molar-refractivity contribution >= 4 is 11.3 Å². The molecule has 0 aliphatic carbocycles. The molecule has 0 radical (unpaired) electrons. The summed E-state index contributed by atoms with van der Waals surface area (Å²) in [6, 6.07) is 0. The van der Waals surface area contributed by atoms with E-state index in [4.69, 9.17) is 0 Å². The minimum Gasteiger partial charge on any atom is -0.315 e. The molecule has 4 heteroatoms. The lowest BCUT2D eigenvalue weighted by Crippen LogP contribution is -2.27. The quantitative estimate of drug-likeness (QED) is 0.675. The number of rotatable bonds is 7. The molecule has 0 aliphatic heterocycles. The maximum Gasteiger partial charge on any atom is 0.107 e. The Hall–Kier alpha value is -0.450. The lowest BCUT2D eigenvalue weighted by atomic mass is 10.4. The first-order valence-electron chi connectivity index (χ1n) is 5.15. The van der Waals surface area contributed by atoms with Gasteiger partial charge in [0.25, 0.3) is 0 Å². The first-order valence-corrected chi connectivity index (χ1v) is 6.03. The summed E-state index contributed by atoms with van der Waals surface area (Å²) in [6.07, 6.45) is 1.20. The first kappa shape index (κ1) is 11.6. The van der Waals surface area contributed by atoms with Crippen molar-refractivity contribution in [3.8, 4) is 0 Å². The van der Waals surface area contributed by atoms with Gasteiger partial charge in [-0.3, -0.25) is 0 Å². The zero-order valence-corrected chi connectivity index (χ0v) is 9.78. The van der Waals surface area contributed by atoms with E-state index in [0.717, 1.165) is 31.9 Å². The van der Waals surface area contributed by atoms with Crippen molar-refractivity contribution < 1.29 is 0 Å². The van der Waals surface area contributed by atoms with Crippen molar-refractivity contribution in [3.05, 3.63) is 16.1 Å². The monoisotopic (exact) mass is 213 g/mol. The summed E-state index contributed by atoms with van der Waals surface area (Å²) in [7, 11) is 0. The van der Waals surface area contributed by atoms with Gasteiger partial charge >= 0.3 is 0 Å². The minimum absolute atomic E-state index is 0.895. The summed E-state index contributed by atoms with van der Waals surface area (Å²) >= 11 is 1.72. The van der Waals surface area contributed by atoms with Crippen molar-refractivity contribution in [2.24, 2.45) is 0 Å². The topological polar surface area (TPSA) is 37.0 Å². The van der Waals surface area contributed by atoms with Crippen LogP contribution in [-0.2, 0) is 6.54 Å². The average molecular weight is 213 g/mol. The first-order chi connectivity index (χ1) is 6.83. The van der Waals surface area contributed by atoms with Crippen molar-refractivity contribution in [2.75, 3.05) is 19.6 Å². The van der Waals surface area contributed by atoms with Crippen LogP contribution >= 0.6 is 11.3 Å². The predicted octanol–water partition coefficient (Wildman–Crippen LogP) is 1.54. The summed E-state index contributed by atoms with van der Waals surface area (Å²) in [5, 5.41) is 9.97. The molecule has 0 saturated carbocycles. The largest absolute Gasteiger partial charge is 0.315 e. The Balaban J connectivity index is 1.99. The van der Waals surface area contributed by atoms with Crippen LogP contribution in [0, 0.1) is 6.92 Å². The third-order valence-electron chi connectivity index (χ3n) is 1.85. The van der Waals surface area contributed by atoms with Crippen molar-refractivity contribution in [1.82, 2.24) is 15.6 Å². The van der Waals surface area contributed by atoms with Crippen LogP contribution in [0.1, 0.15) is 24.0 Å². The summed E-state index contributed by atoms with van der Waals surface area (Å²) in [4.78, 5) is 4.38. The molecule has 1 heterocycles. The van der Waals surface area contributed by atoms with Gasteiger partial charge in [0.15, 0.2) is 0 Å². The Bertz CT molecular complexity index is 247. The highest BCUT2D eigenvalue weighted by atomic mass is 32.1. The van der Waals surface area contributed by atoms with Gasteiger partial charge in [-0.05, 0) is 19.9 Å². The highest BCUT2D eigenvalue weighted by molar-refractivity contribution is 7.09. The van der Waals surface area contributed by atoms with Crippen LogP contribution in [0.2, 0.25) is 0 Å². The molecular weight excluding hydrogens is 194 g/mol. The van der Waals surface area contributed by atoms with E-state index in [1.807, 2.05) is 6.92 Å². The number of aryl methyl sites for hydroxylation is 1. The van der Waals surface area contributed by atoms with E-state index < -0.39 is 0 Å². The lowest BCUT2D eigenvalue weighted by molar-refractivity contribution is 0.605. The molecule has 1 aromatic heterocycles. The van der Waals surface area contributed by atoms with Gasteiger partial charge in [0.05, 0.1) is 0 Å². The fourth-order valence-electron chi connectivity index (χ4n) is 1.16. The van der Waals surface area contributed by atoms with Gasteiger partial charge in [0, 0.05) is 30.7 Å². The summed E-state index contributed by atoms with van der Waals surface area (Å²) in [5.41, 5.74) is 1.12. The molecule has 2 N–H and O–H groups in total. The van der Waals surface area contributed by atoms with Crippen LogP contribution in [0.4, 0.5) is 0 Å². The predicted molar refractivity (Wildman–Crippen MR) is 61.7 cm³/mol. The Morgan fingerprint density at radius 3 is 2.71 bits per heavy atom. The zero-order valence-electron chi connectivity index (χ0n) is 8.97. The van der Waals surface area contributed by atoms with Crippen LogP contribution in [0.25, 0.3) is 0 Å². The smallest absolute Gasteiger partial charge is 0.107 e. The summed E-state index contributed by atoms with van der Waals surface area (Å²) < 4.78 is 0. The highest BCUT2D eigenvalue weighted by Crippen LogP contribution is 2.07. The van der Waals surface area contributed by atoms with Gasteiger partial charge in [-0.15, -0.1) is 11.3 Å². The lowest BCUT2D eigenvalue weighted by Gasteiger charge is -2.03.